The number of morpholine rings is 1. The zero-order chi connectivity index (χ0) is 25.6. The number of halogens is 3. The topological polar surface area (TPSA) is 49.7 Å². The van der Waals surface area contributed by atoms with Crippen LogP contribution in [0.1, 0.15) is 35.1 Å². The van der Waals surface area contributed by atoms with Gasteiger partial charge in [-0.05, 0) is 36.6 Å². The van der Waals surface area contributed by atoms with E-state index in [2.05, 4.69) is 82.5 Å². The Kier molecular flexibility index (Phi) is 14.4. The van der Waals surface area contributed by atoms with E-state index in [1.807, 2.05) is 0 Å². The molecule has 10 heteroatoms. The molecule has 40 heavy (non-hydrogen) atoms. The van der Waals surface area contributed by atoms with Crippen molar-refractivity contribution in [1.29, 1.82) is 0 Å². The van der Waals surface area contributed by atoms with Gasteiger partial charge >= 0.3 is 0 Å². The Morgan fingerprint density at radius 3 is 2.10 bits per heavy atom. The Morgan fingerprint density at radius 2 is 1.45 bits per heavy atom. The molecule has 0 radical (unpaired) electrons. The molecule has 0 bridgehead atoms. The fraction of sp³-hybridized carbons (Fsp3) is 0.533. The largest absolute Gasteiger partial charge is 0.379 e. The molecular weight excluding hydrogens is 567 g/mol. The minimum absolute atomic E-state index is 0. The van der Waals surface area contributed by atoms with E-state index in [0.717, 1.165) is 81.6 Å². The first-order valence-corrected chi connectivity index (χ1v) is 13.9. The first kappa shape index (κ1) is 34.5. The van der Waals surface area contributed by atoms with Gasteiger partial charge in [-0.3, -0.25) is 14.7 Å². The predicted molar refractivity (Wildman–Crippen MR) is 173 cm³/mol. The molecule has 2 aliphatic rings. The van der Waals surface area contributed by atoms with Gasteiger partial charge < -0.3 is 9.30 Å². The molecule has 2 fully saturated rings. The average molecular weight is 612 g/mol. The predicted octanol–water partition coefficient (Wildman–Crippen LogP) is 4.89. The van der Waals surface area contributed by atoms with Gasteiger partial charge in [0.05, 0.1) is 19.8 Å². The first-order chi connectivity index (χ1) is 18.1. The summed E-state index contributed by atoms with van der Waals surface area (Å²) in [6.07, 6.45) is 5.47. The van der Waals surface area contributed by atoms with E-state index < -0.39 is 0 Å². The third kappa shape index (κ3) is 8.89. The Balaban J connectivity index is 0.00000187. The summed E-state index contributed by atoms with van der Waals surface area (Å²) in [5, 5.41) is 0. The van der Waals surface area contributed by atoms with Crippen LogP contribution in [-0.2, 0) is 17.7 Å². The lowest BCUT2D eigenvalue weighted by Gasteiger charge is -2.36. The highest BCUT2D eigenvalue weighted by Gasteiger charge is 2.18. The molecule has 0 saturated carbocycles. The summed E-state index contributed by atoms with van der Waals surface area (Å²) >= 11 is 0. The van der Waals surface area contributed by atoms with Crippen molar-refractivity contribution in [3.63, 3.8) is 0 Å². The summed E-state index contributed by atoms with van der Waals surface area (Å²) < 4.78 is 7.74. The number of hydrogen-bond donors (Lipinski definition) is 0. The average Bonchev–Trinajstić information content (AvgIpc) is 3.27. The number of piperazine rings is 1. The number of hydrogen-bond acceptors (Lipinski definition) is 6. The normalized spacial score (nSPS) is 17.0. The number of imidazole rings is 1. The second kappa shape index (κ2) is 16.7. The van der Waals surface area contributed by atoms with Crippen LogP contribution in [0.3, 0.4) is 0 Å². The molecule has 4 heterocycles. The number of pyridine rings is 1. The summed E-state index contributed by atoms with van der Waals surface area (Å²) in [6.45, 7) is 19.1. The van der Waals surface area contributed by atoms with Gasteiger partial charge in [0.2, 0.25) is 0 Å². The van der Waals surface area contributed by atoms with Crippen molar-refractivity contribution in [3.8, 4) is 0 Å². The molecule has 0 amide bonds. The number of fused-ring (bicyclic) bond motifs is 1. The summed E-state index contributed by atoms with van der Waals surface area (Å²) in [5.74, 6) is 1.10. The molecule has 0 unspecified atom stereocenters. The van der Waals surface area contributed by atoms with Crippen LogP contribution in [-0.4, -0.2) is 101 Å². The zero-order valence-corrected chi connectivity index (χ0v) is 26.5. The highest BCUT2D eigenvalue weighted by atomic mass is 35.5. The van der Waals surface area contributed by atoms with Crippen LogP contribution in [0.2, 0.25) is 0 Å². The van der Waals surface area contributed by atoms with Gasteiger partial charge in [0, 0.05) is 71.0 Å². The Morgan fingerprint density at radius 1 is 0.825 bits per heavy atom. The number of aromatic nitrogens is 3. The first-order valence-electron chi connectivity index (χ1n) is 13.9. The molecule has 3 aromatic rings. The standard InChI is InChI=1S/C30H42N6O.3ClH/c1-4-28-32-29-24(2)22-25(3)31-30(29)36(28)23-27-9-7-26(8-10-27)6-5-11-33-12-14-34(15-13-33)16-17-35-18-20-37-21-19-35;;;/h5-10,22H,4,11-21,23H2,1-3H3;3*1H/b6-5+;;;. The van der Waals surface area contributed by atoms with E-state index in [-0.39, 0.29) is 37.2 Å². The van der Waals surface area contributed by atoms with Crippen molar-refractivity contribution >= 4 is 54.5 Å². The van der Waals surface area contributed by atoms with Crippen molar-refractivity contribution in [2.24, 2.45) is 0 Å². The van der Waals surface area contributed by atoms with E-state index in [4.69, 9.17) is 14.7 Å². The molecule has 0 atom stereocenters. The van der Waals surface area contributed by atoms with Crippen LogP contribution >= 0.6 is 37.2 Å². The molecule has 0 N–H and O–H groups in total. The molecule has 2 aromatic heterocycles. The minimum atomic E-state index is 0. The van der Waals surface area contributed by atoms with Crippen molar-refractivity contribution < 1.29 is 4.74 Å². The molecular formula is C30H45Cl3N6O. The SMILES string of the molecule is CCc1nc2c(C)cc(C)nc2n1Cc1ccc(/C=C/CN2CCN(CCN3CCOCC3)CC2)cc1.Cl.Cl.Cl. The van der Waals surface area contributed by atoms with Gasteiger partial charge in [0.25, 0.3) is 0 Å². The van der Waals surface area contributed by atoms with Gasteiger partial charge in [0.15, 0.2) is 5.65 Å². The number of aryl methyl sites for hydroxylation is 3. The van der Waals surface area contributed by atoms with E-state index in [0.29, 0.717) is 0 Å². The van der Waals surface area contributed by atoms with Crippen LogP contribution in [0.15, 0.2) is 36.4 Å². The van der Waals surface area contributed by atoms with Crippen LogP contribution in [0.25, 0.3) is 17.2 Å². The second-order valence-corrected chi connectivity index (χ2v) is 10.5. The van der Waals surface area contributed by atoms with Crippen molar-refractivity contribution in [2.75, 3.05) is 72.1 Å². The fourth-order valence-electron chi connectivity index (χ4n) is 5.44. The van der Waals surface area contributed by atoms with E-state index in [1.165, 1.54) is 42.9 Å². The van der Waals surface area contributed by atoms with E-state index in [1.54, 1.807) is 0 Å². The highest BCUT2D eigenvalue weighted by molar-refractivity contribution is 5.86. The molecule has 2 saturated heterocycles. The van der Waals surface area contributed by atoms with E-state index >= 15 is 0 Å². The Labute approximate surface area is 258 Å². The lowest BCUT2D eigenvalue weighted by Crippen LogP contribution is -2.49. The second-order valence-electron chi connectivity index (χ2n) is 10.5. The third-order valence-corrected chi connectivity index (χ3v) is 7.71. The number of rotatable bonds is 9. The Bertz CT molecular complexity index is 1200. The van der Waals surface area contributed by atoms with Crippen molar-refractivity contribution in [1.82, 2.24) is 29.2 Å². The minimum Gasteiger partial charge on any atom is -0.379 e. The summed E-state index contributed by atoms with van der Waals surface area (Å²) in [4.78, 5) is 17.4. The molecule has 1 aromatic carbocycles. The summed E-state index contributed by atoms with van der Waals surface area (Å²) in [7, 11) is 0. The fourth-order valence-corrected chi connectivity index (χ4v) is 5.44. The molecule has 222 valence electrons. The van der Waals surface area contributed by atoms with Gasteiger partial charge in [-0.2, -0.15) is 0 Å². The number of nitrogens with zero attached hydrogens (tertiary/aromatic N) is 6. The maximum Gasteiger partial charge on any atom is 0.160 e. The van der Waals surface area contributed by atoms with E-state index in [9.17, 15) is 0 Å². The smallest absolute Gasteiger partial charge is 0.160 e. The molecule has 2 aliphatic heterocycles. The maximum atomic E-state index is 5.46. The monoisotopic (exact) mass is 610 g/mol. The van der Waals surface area contributed by atoms with Crippen LogP contribution in [0, 0.1) is 13.8 Å². The van der Waals surface area contributed by atoms with Gasteiger partial charge in [-0.1, -0.05) is 43.3 Å². The lowest BCUT2D eigenvalue weighted by molar-refractivity contribution is 0.0303. The van der Waals surface area contributed by atoms with Crippen molar-refractivity contribution in [3.05, 3.63) is 64.6 Å². The van der Waals surface area contributed by atoms with Crippen molar-refractivity contribution in [2.45, 2.75) is 33.7 Å². The molecule has 7 nitrogen and oxygen atoms in total. The van der Waals surface area contributed by atoms with Gasteiger partial charge in [0.1, 0.15) is 11.3 Å². The third-order valence-electron chi connectivity index (χ3n) is 7.71. The molecule has 0 spiro atoms. The van der Waals surface area contributed by atoms with Crippen LogP contribution in [0.4, 0.5) is 0 Å². The van der Waals surface area contributed by atoms with Gasteiger partial charge in [-0.25, -0.2) is 9.97 Å². The van der Waals surface area contributed by atoms with Gasteiger partial charge in [-0.15, -0.1) is 37.2 Å². The highest BCUT2D eigenvalue weighted by Crippen LogP contribution is 2.21. The summed E-state index contributed by atoms with van der Waals surface area (Å²) in [5.41, 5.74) is 6.80. The number of ether oxygens (including phenoxy) is 1. The maximum absolute atomic E-state index is 5.46. The molecule has 0 aliphatic carbocycles. The summed E-state index contributed by atoms with van der Waals surface area (Å²) in [6, 6.07) is 11.0. The van der Waals surface area contributed by atoms with Crippen LogP contribution in [0.5, 0.6) is 0 Å². The quantitative estimate of drug-likeness (QED) is 0.344. The van der Waals surface area contributed by atoms with Crippen LogP contribution < -0.4 is 0 Å². The lowest BCUT2D eigenvalue weighted by atomic mass is 10.1. The number of benzene rings is 1. The molecule has 5 rings (SSSR count). The zero-order valence-electron chi connectivity index (χ0n) is 24.1. The Hall–Kier alpha value is -1.71.